The summed E-state index contributed by atoms with van der Waals surface area (Å²) in [5.74, 6) is 0.902. The van der Waals surface area contributed by atoms with Gasteiger partial charge in [-0.05, 0) is 42.8 Å². The summed E-state index contributed by atoms with van der Waals surface area (Å²) in [5.41, 5.74) is 1.36. The average molecular weight is 385 g/mol. The van der Waals surface area contributed by atoms with Crippen LogP contribution in [0.3, 0.4) is 0 Å². The monoisotopic (exact) mass is 384 g/mol. The standard InChI is InChI=1S/C20H17ClN2O4/c1-2-23-10-15(19(24)14-8-13(21)4-5-16(14)23)20(25)22-9-12-3-6-17-18(7-12)27-11-26-17/h3-8,10H,2,9,11H2,1H3,(H,22,25). The third-order valence-corrected chi connectivity index (χ3v) is 4.75. The van der Waals surface area contributed by atoms with Gasteiger partial charge in [-0.1, -0.05) is 17.7 Å². The maximum absolute atomic E-state index is 12.8. The number of hydrogen-bond acceptors (Lipinski definition) is 4. The van der Waals surface area contributed by atoms with E-state index in [-0.39, 0.29) is 24.3 Å². The number of benzene rings is 2. The van der Waals surface area contributed by atoms with Gasteiger partial charge in [-0.2, -0.15) is 0 Å². The Labute approximate surface area is 160 Å². The van der Waals surface area contributed by atoms with Crippen LogP contribution in [0.15, 0.2) is 47.4 Å². The number of aryl methyl sites for hydroxylation is 1. The number of amides is 1. The van der Waals surface area contributed by atoms with Crippen LogP contribution in [0.1, 0.15) is 22.8 Å². The van der Waals surface area contributed by atoms with Gasteiger partial charge >= 0.3 is 0 Å². The lowest BCUT2D eigenvalue weighted by Crippen LogP contribution is -2.29. The number of fused-ring (bicyclic) bond motifs is 2. The minimum atomic E-state index is -0.429. The number of halogens is 1. The molecule has 4 rings (SSSR count). The van der Waals surface area contributed by atoms with Crippen LogP contribution in [0.4, 0.5) is 0 Å². The molecule has 0 bridgehead atoms. The fourth-order valence-electron chi connectivity index (χ4n) is 3.12. The Kier molecular flexibility index (Phi) is 4.49. The fraction of sp³-hybridized carbons (Fsp3) is 0.200. The molecule has 2 heterocycles. The molecule has 7 heteroatoms. The molecular formula is C20H17ClN2O4. The van der Waals surface area contributed by atoms with Crippen molar-refractivity contribution in [3.8, 4) is 11.5 Å². The highest BCUT2D eigenvalue weighted by molar-refractivity contribution is 6.31. The first-order valence-electron chi connectivity index (χ1n) is 8.56. The van der Waals surface area contributed by atoms with Crippen molar-refractivity contribution in [1.82, 2.24) is 9.88 Å². The van der Waals surface area contributed by atoms with Crippen LogP contribution in [-0.4, -0.2) is 17.3 Å². The Hall–Kier alpha value is -2.99. The van der Waals surface area contributed by atoms with Gasteiger partial charge < -0.3 is 19.4 Å². The summed E-state index contributed by atoms with van der Waals surface area (Å²) in [7, 11) is 0. The third kappa shape index (κ3) is 3.24. The molecular weight excluding hydrogens is 368 g/mol. The van der Waals surface area contributed by atoms with Crippen LogP contribution in [0.25, 0.3) is 10.9 Å². The van der Waals surface area contributed by atoms with Crippen molar-refractivity contribution in [2.45, 2.75) is 20.0 Å². The van der Waals surface area contributed by atoms with Gasteiger partial charge in [0.1, 0.15) is 5.56 Å². The number of pyridine rings is 1. The van der Waals surface area contributed by atoms with Crippen molar-refractivity contribution in [1.29, 1.82) is 0 Å². The Bertz CT molecular complexity index is 1110. The van der Waals surface area contributed by atoms with Gasteiger partial charge in [-0.15, -0.1) is 0 Å². The second-order valence-electron chi connectivity index (χ2n) is 6.19. The van der Waals surface area contributed by atoms with Crippen LogP contribution in [-0.2, 0) is 13.1 Å². The van der Waals surface area contributed by atoms with E-state index in [9.17, 15) is 9.59 Å². The smallest absolute Gasteiger partial charge is 0.257 e. The van der Waals surface area contributed by atoms with Crippen LogP contribution >= 0.6 is 11.6 Å². The van der Waals surface area contributed by atoms with Crippen molar-refractivity contribution in [3.63, 3.8) is 0 Å². The summed E-state index contributed by atoms with van der Waals surface area (Å²) < 4.78 is 12.5. The van der Waals surface area contributed by atoms with E-state index < -0.39 is 5.91 Å². The normalized spacial score (nSPS) is 12.4. The summed E-state index contributed by atoms with van der Waals surface area (Å²) in [5, 5.41) is 3.69. The molecule has 0 saturated carbocycles. The van der Waals surface area contributed by atoms with Gasteiger partial charge in [-0.25, -0.2) is 0 Å². The Morgan fingerprint density at radius 2 is 2.00 bits per heavy atom. The number of aromatic nitrogens is 1. The predicted molar refractivity (Wildman–Crippen MR) is 103 cm³/mol. The topological polar surface area (TPSA) is 69.6 Å². The zero-order valence-corrected chi connectivity index (χ0v) is 15.4. The van der Waals surface area contributed by atoms with E-state index in [1.54, 1.807) is 30.5 Å². The maximum Gasteiger partial charge on any atom is 0.257 e. The Balaban J connectivity index is 1.62. The predicted octanol–water partition coefficient (Wildman–Crippen LogP) is 3.33. The summed E-state index contributed by atoms with van der Waals surface area (Å²) in [6.07, 6.45) is 1.59. The number of ether oxygens (including phenoxy) is 2. The van der Waals surface area contributed by atoms with Gasteiger partial charge in [0.2, 0.25) is 12.2 Å². The SMILES string of the molecule is CCn1cc(C(=O)NCc2ccc3c(c2)OCO3)c(=O)c2cc(Cl)ccc21. The van der Waals surface area contributed by atoms with Crippen LogP contribution < -0.4 is 20.2 Å². The second kappa shape index (κ2) is 6.96. The second-order valence-corrected chi connectivity index (χ2v) is 6.63. The molecule has 6 nitrogen and oxygen atoms in total. The number of hydrogen-bond donors (Lipinski definition) is 1. The highest BCUT2D eigenvalue weighted by Crippen LogP contribution is 2.32. The van der Waals surface area contributed by atoms with Crippen LogP contribution in [0.5, 0.6) is 11.5 Å². The van der Waals surface area contributed by atoms with Crippen molar-refractivity contribution >= 4 is 28.4 Å². The van der Waals surface area contributed by atoms with Crippen molar-refractivity contribution in [2.24, 2.45) is 0 Å². The van der Waals surface area contributed by atoms with Gasteiger partial charge in [-0.3, -0.25) is 9.59 Å². The molecule has 0 aliphatic carbocycles. The minimum Gasteiger partial charge on any atom is -0.454 e. The van der Waals surface area contributed by atoms with Crippen LogP contribution in [0, 0.1) is 0 Å². The molecule has 0 spiro atoms. The van der Waals surface area contributed by atoms with E-state index in [2.05, 4.69) is 5.32 Å². The maximum atomic E-state index is 12.8. The number of rotatable bonds is 4. The lowest BCUT2D eigenvalue weighted by molar-refractivity contribution is 0.0949. The lowest BCUT2D eigenvalue weighted by Gasteiger charge is -2.12. The molecule has 0 radical (unpaired) electrons. The van der Waals surface area contributed by atoms with E-state index in [1.165, 1.54) is 0 Å². The lowest BCUT2D eigenvalue weighted by atomic mass is 10.1. The van der Waals surface area contributed by atoms with Gasteiger partial charge in [0.05, 0.1) is 5.52 Å². The highest BCUT2D eigenvalue weighted by atomic mass is 35.5. The summed E-state index contributed by atoms with van der Waals surface area (Å²) >= 11 is 6.03. The molecule has 0 fully saturated rings. The number of carbonyl (C=O) groups is 1. The van der Waals surface area contributed by atoms with Crippen molar-refractivity contribution in [3.05, 3.63) is 69.0 Å². The van der Waals surface area contributed by atoms with E-state index in [0.29, 0.717) is 28.5 Å². The molecule has 1 aliphatic heterocycles. The number of carbonyl (C=O) groups excluding carboxylic acids is 1. The molecule has 0 saturated heterocycles. The van der Waals surface area contributed by atoms with Crippen molar-refractivity contribution in [2.75, 3.05) is 6.79 Å². The number of nitrogens with one attached hydrogen (secondary N) is 1. The molecule has 1 N–H and O–H groups in total. The van der Waals surface area contributed by atoms with E-state index in [0.717, 1.165) is 11.1 Å². The van der Waals surface area contributed by atoms with Gasteiger partial charge in [0.25, 0.3) is 5.91 Å². The number of nitrogens with zero attached hydrogens (tertiary/aromatic N) is 1. The first-order chi connectivity index (χ1) is 13.1. The zero-order chi connectivity index (χ0) is 19.0. The first-order valence-corrected chi connectivity index (χ1v) is 8.94. The molecule has 3 aromatic rings. The summed E-state index contributed by atoms with van der Waals surface area (Å²) in [4.78, 5) is 25.4. The molecule has 2 aromatic carbocycles. The average Bonchev–Trinajstić information content (AvgIpc) is 3.14. The first kappa shape index (κ1) is 17.4. The molecule has 0 unspecified atom stereocenters. The third-order valence-electron chi connectivity index (χ3n) is 4.52. The molecule has 1 aliphatic rings. The molecule has 0 atom stereocenters. The quantitative estimate of drug-likeness (QED) is 0.749. The van der Waals surface area contributed by atoms with Gasteiger partial charge in [0.15, 0.2) is 11.5 Å². The minimum absolute atomic E-state index is 0.0901. The van der Waals surface area contributed by atoms with E-state index >= 15 is 0 Å². The summed E-state index contributed by atoms with van der Waals surface area (Å²) in [6.45, 7) is 3.05. The van der Waals surface area contributed by atoms with Crippen molar-refractivity contribution < 1.29 is 14.3 Å². The van der Waals surface area contributed by atoms with Gasteiger partial charge in [0, 0.05) is 29.7 Å². The largest absolute Gasteiger partial charge is 0.454 e. The molecule has 27 heavy (non-hydrogen) atoms. The van der Waals surface area contributed by atoms with E-state index in [1.807, 2.05) is 23.6 Å². The summed E-state index contributed by atoms with van der Waals surface area (Å²) in [6, 6.07) is 10.6. The van der Waals surface area contributed by atoms with Crippen LogP contribution in [0.2, 0.25) is 5.02 Å². The highest BCUT2D eigenvalue weighted by Gasteiger charge is 2.17. The Morgan fingerprint density at radius 3 is 2.81 bits per heavy atom. The molecule has 138 valence electrons. The zero-order valence-electron chi connectivity index (χ0n) is 14.6. The molecule has 1 aromatic heterocycles. The van der Waals surface area contributed by atoms with E-state index in [4.69, 9.17) is 21.1 Å². The Morgan fingerprint density at radius 1 is 1.19 bits per heavy atom. The molecule has 1 amide bonds. The fourth-order valence-corrected chi connectivity index (χ4v) is 3.29.